The van der Waals surface area contributed by atoms with Gasteiger partial charge < -0.3 is 14.8 Å². The molecule has 106 valence electrons. The molecule has 0 bridgehead atoms. The highest BCUT2D eigenvalue weighted by molar-refractivity contribution is 9.11. The van der Waals surface area contributed by atoms with Gasteiger partial charge in [-0.25, -0.2) is 4.79 Å². The molecule has 0 aliphatic carbocycles. The molecule has 20 heavy (non-hydrogen) atoms. The molecule has 2 aromatic heterocycles. The summed E-state index contributed by atoms with van der Waals surface area (Å²) in [5.74, 6) is -0.506. The Morgan fingerprint density at radius 3 is 2.60 bits per heavy atom. The number of carboxylic acid groups (broad SMARTS) is 1. The van der Waals surface area contributed by atoms with Gasteiger partial charge in [-0.1, -0.05) is 0 Å². The van der Waals surface area contributed by atoms with Crippen molar-refractivity contribution in [2.45, 2.75) is 20.4 Å². The minimum atomic E-state index is -1.04. The number of rotatable bonds is 4. The summed E-state index contributed by atoms with van der Waals surface area (Å²) in [6, 6.07) is 3.22. The standard InChI is InChI=1S/C13H12BrNO4S/c1-6-3-10(20-11(6)14)12(16)15-5-8-4-9(13(17)18)7(2)19-8/h3-4H,5H2,1-2H3,(H,15,16)(H,17,18). The van der Waals surface area contributed by atoms with E-state index < -0.39 is 5.97 Å². The van der Waals surface area contributed by atoms with Gasteiger partial charge in [-0.2, -0.15) is 0 Å². The lowest BCUT2D eigenvalue weighted by molar-refractivity contribution is 0.0694. The molecule has 2 heterocycles. The maximum atomic E-state index is 11.9. The molecule has 0 fully saturated rings. The van der Waals surface area contributed by atoms with Crippen LogP contribution >= 0.6 is 27.3 Å². The molecule has 2 N–H and O–H groups in total. The van der Waals surface area contributed by atoms with Crippen molar-refractivity contribution >= 4 is 39.1 Å². The number of carboxylic acids is 1. The summed E-state index contributed by atoms with van der Waals surface area (Å²) in [7, 11) is 0. The quantitative estimate of drug-likeness (QED) is 0.879. The zero-order valence-corrected chi connectivity index (χ0v) is 13.2. The van der Waals surface area contributed by atoms with Crippen LogP contribution in [0.25, 0.3) is 0 Å². The molecule has 0 saturated carbocycles. The normalized spacial score (nSPS) is 10.6. The lowest BCUT2D eigenvalue weighted by atomic mass is 10.2. The molecule has 0 aliphatic heterocycles. The summed E-state index contributed by atoms with van der Waals surface area (Å²) in [5, 5.41) is 11.6. The highest BCUT2D eigenvalue weighted by Crippen LogP contribution is 2.27. The van der Waals surface area contributed by atoms with Crippen LogP contribution < -0.4 is 5.32 Å². The number of furan rings is 1. The Labute approximate surface area is 127 Å². The molecule has 5 nitrogen and oxygen atoms in total. The van der Waals surface area contributed by atoms with Crippen molar-refractivity contribution < 1.29 is 19.1 Å². The summed E-state index contributed by atoms with van der Waals surface area (Å²) >= 11 is 4.71. The Kier molecular flexibility index (Phi) is 4.29. The van der Waals surface area contributed by atoms with E-state index in [-0.39, 0.29) is 18.0 Å². The van der Waals surface area contributed by atoms with E-state index in [2.05, 4.69) is 21.2 Å². The molecule has 0 spiro atoms. The van der Waals surface area contributed by atoms with Crippen molar-refractivity contribution in [3.05, 3.63) is 43.4 Å². The van der Waals surface area contributed by atoms with Crippen LogP contribution in [0.1, 0.15) is 37.1 Å². The van der Waals surface area contributed by atoms with Gasteiger partial charge in [-0.15, -0.1) is 11.3 Å². The molecule has 0 aromatic carbocycles. The number of thiophene rings is 1. The lowest BCUT2D eigenvalue weighted by Crippen LogP contribution is -2.21. The maximum absolute atomic E-state index is 11.9. The summed E-state index contributed by atoms with van der Waals surface area (Å²) < 4.78 is 6.21. The summed E-state index contributed by atoms with van der Waals surface area (Å²) in [5.41, 5.74) is 1.12. The van der Waals surface area contributed by atoms with Crippen molar-refractivity contribution in [2.75, 3.05) is 0 Å². The van der Waals surface area contributed by atoms with Crippen LogP contribution in [0.15, 0.2) is 20.3 Å². The Morgan fingerprint density at radius 2 is 2.10 bits per heavy atom. The second-order valence-electron chi connectivity index (χ2n) is 4.24. The number of nitrogens with one attached hydrogen (secondary N) is 1. The third-order valence-corrected chi connectivity index (χ3v) is 4.84. The topological polar surface area (TPSA) is 79.5 Å². The molecule has 0 aliphatic rings. The summed E-state index contributed by atoms with van der Waals surface area (Å²) in [6.45, 7) is 3.64. The van der Waals surface area contributed by atoms with E-state index in [1.165, 1.54) is 17.4 Å². The van der Waals surface area contributed by atoms with E-state index in [0.29, 0.717) is 16.4 Å². The Balaban J connectivity index is 2.03. The van der Waals surface area contributed by atoms with Gasteiger partial charge in [0.25, 0.3) is 5.91 Å². The first-order valence-electron chi connectivity index (χ1n) is 5.75. The van der Waals surface area contributed by atoms with Gasteiger partial charge in [0.1, 0.15) is 17.1 Å². The summed E-state index contributed by atoms with van der Waals surface area (Å²) in [6.07, 6.45) is 0. The molecule has 1 amide bonds. The highest BCUT2D eigenvalue weighted by atomic mass is 79.9. The average Bonchev–Trinajstić information content (AvgIpc) is 2.91. The Bertz CT molecular complexity index is 654. The van der Waals surface area contributed by atoms with Crippen molar-refractivity contribution in [1.29, 1.82) is 0 Å². The highest BCUT2D eigenvalue weighted by Gasteiger charge is 2.15. The second kappa shape index (κ2) is 5.80. The molecular formula is C13H12BrNO4S. The first-order chi connectivity index (χ1) is 9.38. The monoisotopic (exact) mass is 357 g/mol. The number of halogens is 1. The van der Waals surface area contributed by atoms with Crippen LogP contribution in [0, 0.1) is 13.8 Å². The van der Waals surface area contributed by atoms with Gasteiger partial charge in [0.2, 0.25) is 0 Å². The van der Waals surface area contributed by atoms with Crippen LogP contribution in [-0.4, -0.2) is 17.0 Å². The van der Waals surface area contributed by atoms with E-state index in [1.54, 1.807) is 13.0 Å². The predicted molar refractivity (Wildman–Crippen MR) is 78.3 cm³/mol. The number of amides is 1. The van der Waals surface area contributed by atoms with Gasteiger partial charge in [0, 0.05) is 0 Å². The predicted octanol–water partition coefficient (Wildman–Crippen LogP) is 3.35. The van der Waals surface area contributed by atoms with Gasteiger partial charge in [-0.05, 0) is 47.5 Å². The van der Waals surface area contributed by atoms with E-state index in [1.807, 2.05) is 6.92 Å². The second-order valence-corrected chi connectivity index (χ2v) is 6.61. The molecule has 0 unspecified atom stereocenters. The van der Waals surface area contributed by atoms with Gasteiger partial charge >= 0.3 is 5.97 Å². The first-order valence-corrected chi connectivity index (χ1v) is 7.36. The van der Waals surface area contributed by atoms with Crippen molar-refractivity contribution in [3.8, 4) is 0 Å². The Hall–Kier alpha value is -1.60. The van der Waals surface area contributed by atoms with E-state index in [0.717, 1.165) is 9.35 Å². The van der Waals surface area contributed by atoms with Gasteiger partial charge in [0.15, 0.2) is 0 Å². The number of carbonyl (C=O) groups excluding carboxylic acids is 1. The fourth-order valence-electron chi connectivity index (χ4n) is 1.67. The number of hydrogen-bond donors (Lipinski definition) is 2. The third-order valence-electron chi connectivity index (χ3n) is 2.70. The van der Waals surface area contributed by atoms with Crippen LogP contribution in [0.4, 0.5) is 0 Å². The lowest BCUT2D eigenvalue weighted by Gasteiger charge is -2.00. The molecule has 0 radical (unpaired) electrons. The first kappa shape index (κ1) is 14.8. The zero-order valence-electron chi connectivity index (χ0n) is 10.8. The van der Waals surface area contributed by atoms with E-state index in [4.69, 9.17) is 9.52 Å². The van der Waals surface area contributed by atoms with Gasteiger partial charge in [-0.3, -0.25) is 4.79 Å². The molecule has 0 saturated heterocycles. The fourth-order valence-corrected chi connectivity index (χ4v) is 3.12. The van der Waals surface area contributed by atoms with Gasteiger partial charge in [0.05, 0.1) is 15.2 Å². The molecule has 2 aromatic rings. The van der Waals surface area contributed by atoms with Crippen molar-refractivity contribution in [2.24, 2.45) is 0 Å². The minimum Gasteiger partial charge on any atom is -0.478 e. The maximum Gasteiger partial charge on any atom is 0.339 e. The largest absolute Gasteiger partial charge is 0.478 e. The van der Waals surface area contributed by atoms with E-state index in [9.17, 15) is 9.59 Å². The number of aryl methyl sites for hydroxylation is 2. The van der Waals surface area contributed by atoms with Crippen LogP contribution in [0.5, 0.6) is 0 Å². The van der Waals surface area contributed by atoms with Crippen LogP contribution in [-0.2, 0) is 6.54 Å². The molecule has 7 heteroatoms. The smallest absolute Gasteiger partial charge is 0.339 e. The molecular weight excluding hydrogens is 346 g/mol. The fraction of sp³-hybridized carbons (Fsp3) is 0.231. The minimum absolute atomic E-state index is 0.115. The van der Waals surface area contributed by atoms with Crippen molar-refractivity contribution in [3.63, 3.8) is 0 Å². The SMILES string of the molecule is Cc1cc(C(=O)NCc2cc(C(=O)O)c(C)o2)sc1Br. The van der Waals surface area contributed by atoms with Crippen LogP contribution in [0.2, 0.25) is 0 Å². The van der Waals surface area contributed by atoms with E-state index >= 15 is 0 Å². The zero-order chi connectivity index (χ0) is 14.9. The molecule has 2 rings (SSSR count). The number of hydrogen-bond acceptors (Lipinski definition) is 4. The van der Waals surface area contributed by atoms with Crippen molar-refractivity contribution in [1.82, 2.24) is 5.32 Å². The number of carbonyl (C=O) groups is 2. The Morgan fingerprint density at radius 1 is 1.40 bits per heavy atom. The third kappa shape index (κ3) is 3.10. The van der Waals surface area contributed by atoms with Crippen LogP contribution in [0.3, 0.4) is 0 Å². The molecule has 0 atom stereocenters. The average molecular weight is 358 g/mol. The summed E-state index contributed by atoms with van der Waals surface area (Å²) in [4.78, 5) is 23.4. The number of aromatic carboxylic acids is 1.